The second kappa shape index (κ2) is 6.13. The van der Waals surface area contributed by atoms with Crippen molar-refractivity contribution in [3.8, 4) is 0 Å². The van der Waals surface area contributed by atoms with Crippen molar-refractivity contribution in [1.82, 2.24) is 20.6 Å². The summed E-state index contributed by atoms with van der Waals surface area (Å²) in [5, 5.41) is 14.4. The van der Waals surface area contributed by atoms with Crippen LogP contribution in [0.15, 0.2) is 30.3 Å². The average Bonchev–Trinajstić information content (AvgIpc) is 2.89. The van der Waals surface area contributed by atoms with Crippen LogP contribution in [-0.4, -0.2) is 20.6 Å². The van der Waals surface area contributed by atoms with Crippen molar-refractivity contribution < 1.29 is 0 Å². The minimum Gasteiger partial charge on any atom is -0.177 e. The van der Waals surface area contributed by atoms with E-state index in [1.165, 1.54) is 24.8 Å². The zero-order valence-electron chi connectivity index (χ0n) is 10.1. The fourth-order valence-corrected chi connectivity index (χ4v) is 2.05. The van der Waals surface area contributed by atoms with E-state index in [0.717, 1.165) is 12.2 Å². The smallest absolute Gasteiger partial charge is 0.177 e. The molecule has 1 unspecified atom stereocenters. The first-order valence-electron chi connectivity index (χ1n) is 6.20. The highest BCUT2D eigenvalue weighted by molar-refractivity contribution is 5.24. The largest absolute Gasteiger partial charge is 0.181 e. The molecule has 90 valence electrons. The monoisotopic (exact) mass is 230 g/mol. The molecule has 0 amide bonds. The van der Waals surface area contributed by atoms with Gasteiger partial charge in [-0.25, -0.2) is 0 Å². The van der Waals surface area contributed by atoms with Gasteiger partial charge in [0.25, 0.3) is 0 Å². The van der Waals surface area contributed by atoms with Crippen LogP contribution in [0.2, 0.25) is 0 Å². The highest BCUT2D eigenvalue weighted by Crippen LogP contribution is 2.26. The molecule has 0 aliphatic carbocycles. The predicted octanol–water partition coefficient (Wildman–Crippen LogP) is 2.91. The van der Waals surface area contributed by atoms with Gasteiger partial charge in [0.05, 0.1) is 0 Å². The minimum absolute atomic E-state index is 0.265. The molecule has 2 aromatic rings. The Balaban J connectivity index is 2.13. The van der Waals surface area contributed by atoms with Gasteiger partial charge in [-0.3, -0.25) is 0 Å². The van der Waals surface area contributed by atoms with E-state index >= 15 is 0 Å². The summed E-state index contributed by atoms with van der Waals surface area (Å²) in [5.41, 5.74) is 1.27. The van der Waals surface area contributed by atoms with Gasteiger partial charge in [-0.05, 0) is 12.0 Å². The van der Waals surface area contributed by atoms with E-state index in [1.807, 2.05) is 6.07 Å². The van der Waals surface area contributed by atoms with Crippen LogP contribution in [0.25, 0.3) is 0 Å². The molecular formula is C13H18N4. The van der Waals surface area contributed by atoms with E-state index < -0.39 is 0 Å². The Bertz CT molecular complexity index is 410. The Morgan fingerprint density at radius 2 is 2.00 bits per heavy atom. The number of aromatic nitrogens is 4. The third-order valence-electron chi connectivity index (χ3n) is 2.97. The lowest BCUT2D eigenvalue weighted by Gasteiger charge is -2.13. The zero-order valence-corrected chi connectivity index (χ0v) is 10.1. The molecule has 0 fully saturated rings. The first kappa shape index (κ1) is 11.8. The second-order valence-corrected chi connectivity index (χ2v) is 4.23. The van der Waals surface area contributed by atoms with Gasteiger partial charge in [0.2, 0.25) is 0 Å². The average molecular weight is 230 g/mol. The molecule has 2 rings (SSSR count). The Morgan fingerprint density at radius 1 is 1.18 bits per heavy atom. The van der Waals surface area contributed by atoms with Gasteiger partial charge in [-0.15, -0.1) is 10.2 Å². The summed E-state index contributed by atoms with van der Waals surface area (Å²) in [6.07, 6.45) is 4.76. The van der Waals surface area contributed by atoms with E-state index in [2.05, 4.69) is 51.8 Å². The number of nitrogens with one attached hydrogen (secondary N) is 1. The van der Waals surface area contributed by atoms with Crippen LogP contribution in [0.1, 0.15) is 49.9 Å². The lowest BCUT2D eigenvalue weighted by Crippen LogP contribution is -2.03. The van der Waals surface area contributed by atoms with E-state index in [4.69, 9.17) is 0 Å². The highest BCUT2D eigenvalue weighted by atomic mass is 15.5. The van der Waals surface area contributed by atoms with Crippen molar-refractivity contribution in [1.29, 1.82) is 0 Å². The summed E-state index contributed by atoms with van der Waals surface area (Å²) < 4.78 is 0. The standard InChI is InChI=1S/C13H18N4/c1-2-3-5-10-12(13-14-16-17-15-13)11-8-6-4-7-9-11/h4,6-9,12H,2-3,5,10H2,1H3,(H,14,15,16,17). The lowest BCUT2D eigenvalue weighted by atomic mass is 9.92. The van der Waals surface area contributed by atoms with Gasteiger partial charge in [0.1, 0.15) is 0 Å². The normalized spacial score (nSPS) is 12.5. The minimum atomic E-state index is 0.265. The molecule has 0 bridgehead atoms. The third kappa shape index (κ3) is 3.12. The molecule has 4 nitrogen and oxygen atoms in total. The van der Waals surface area contributed by atoms with Crippen LogP contribution >= 0.6 is 0 Å². The van der Waals surface area contributed by atoms with Crippen molar-refractivity contribution in [3.05, 3.63) is 41.7 Å². The van der Waals surface area contributed by atoms with E-state index in [9.17, 15) is 0 Å². The van der Waals surface area contributed by atoms with E-state index in [0.29, 0.717) is 0 Å². The number of benzene rings is 1. The molecule has 0 saturated carbocycles. The molecule has 1 N–H and O–H groups in total. The van der Waals surface area contributed by atoms with Crippen molar-refractivity contribution in [2.45, 2.75) is 38.5 Å². The summed E-state index contributed by atoms with van der Waals surface area (Å²) in [7, 11) is 0. The Hall–Kier alpha value is -1.71. The molecule has 4 heteroatoms. The fourth-order valence-electron chi connectivity index (χ4n) is 2.05. The predicted molar refractivity (Wildman–Crippen MR) is 66.6 cm³/mol. The highest BCUT2D eigenvalue weighted by Gasteiger charge is 2.17. The molecule has 0 spiro atoms. The van der Waals surface area contributed by atoms with Crippen LogP contribution in [-0.2, 0) is 0 Å². The lowest BCUT2D eigenvalue weighted by molar-refractivity contribution is 0.598. The maximum atomic E-state index is 4.12. The molecule has 0 radical (unpaired) electrons. The number of tetrazole rings is 1. The Morgan fingerprint density at radius 3 is 2.65 bits per heavy atom. The first-order chi connectivity index (χ1) is 8.42. The quantitative estimate of drug-likeness (QED) is 0.776. The molecular weight excluding hydrogens is 212 g/mol. The second-order valence-electron chi connectivity index (χ2n) is 4.23. The molecule has 1 heterocycles. The zero-order chi connectivity index (χ0) is 11.9. The number of hydrogen-bond acceptors (Lipinski definition) is 3. The van der Waals surface area contributed by atoms with Crippen LogP contribution in [0, 0.1) is 0 Å². The first-order valence-corrected chi connectivity index (χ1v) is 6.20. The molecule has 1 atom stereocenters. The number of nitrogens with zero attached hydrogens (tertiary/aromatic N) is 3. The summed E-state index contributed by atoms with van der Waals surface area (Å²) in [6, 6.07) is 10.4. The number of hydrogen-bond donors (Lipinski definition) is 1. The molecule has 0 saturated heterocycles. The topological polar surface area (TPSA) is 54.5 Å². The fraction of sp³-hybridized carbons (Fsp3) is 0.462. The van der Waals surface area contributed by atoms with Crippen LogP contribution in [0.4, 0.5) is 0 Å². The van der Waals surface area contributed by atoms with Crippen LogP contribution < -0.4 is 0 Å². The van der Waals surface area contributed by atoms with Crippen molar-refractivity contribution >= 4 is 0 Å². The summed E-state index contributed by atoms with van der Waals surface area (Å²) in [5.74, 6) is 1.06. The number of H-pyrrole nitrogens is 1. The van der Waals surface area contributed by atoms with Crippen molar-refractivity contribution in [2.24, 2.45) is 0 Å². The summed E-state index contributed by atoms with van der Waals surface area (Å²) in [6.45, 7) is 2.21. The number of aromatic amines is 1. The Kier molecular flexibility index (Phi) is 4.24. The molecule has 0 aliphatic heterocycles. The van der Waals surface area contributed by atoms with Gasteiger partial charge in [-0.2, -0.15) is 5.21 Å². The Labute approximate surface area is 101 Å². The van der Waals surface area contributed by atoms with Gasteiger partial charge >= 0.3 is 0 Å². The van der Waals surface area contributed by atoms with Crippen molar-refractivity contribution in [3.63, 3.8) is 0 Å². The van der Waals surface area contributed by atoms with Gasteiger partial charge < -0.3 is 0 Å². The van der Waals surface area contributed by atoms with E-state index in [-0.39, 0.29) is 5.92 Å². The van der Waals surface area contributed by atoms with Gasteiger partial charge in [-0.1, -0.05) is 61.7 Å². The third-order valence-corrected chi connectivity index (χ3v) is 2.97. The van der Waals surface area contributed by atoms with Gasteiger partial charge in [0.15, 0.2) is 5.82 Å². The summed E-state index contributed by atoms with van der Waals surface area (Å²) >= 11 is 0. The maximum Gasteiger partial charge on any atom is 0.181 e. The SMILES string of the molecule is CCCCCC(c1ccccc1)c1nn[nH]n1. The molecule has 17 heavy (non-hydrogen) atoms. The molecule has 1 aromatic heterocycles. The molecule has 1 aromatic carbocycles. The van der Waals surface area contributed by atoms with Crippen LogP contribution in [0.5, 0.6) is 0 Å². The maximum absolute atomic E-state index is 4.12. The number of unbranched alkanes of at least 4 members (excludes halogenated alkanes) is 2. The molecule has 0 aliphatic rings. The van der Waals surface area contributed by atoms with Gasteiger partial charge in [0, 0.05) is 5.92 Å². The van der Waals surface area contributed by atoms with Crippen LogP contribution in [0.3, 0.4) is 0 Å². The summed E-state index contributed by atoms with van der Waals surface area (Å²) in [4.78, 5) is 0. The van der Waals surface area contributed by atoms with E-state index in [1.54, 1.807) is 0 Å². The number of rotatable bonds is 6. The van der Waals surface area contributed by atoms with Crippen molar-refractivity contribution in [2.75, 3.05) is 0 Å².